The van der Waals surface area contributed by atoms with Crippen LogP contribution in [0.1, 0.15) is 41.3 Å². The number of unbranched alkanes of at least 4 members (excludes halogenated alkanes) is 1. The molecule has 0 saturated heterocycles. The molecule has 0 heterocycles. The summed E-state index contributed by atoms with van der Waals surface area (Å²) in [5.41, 5.74) is 1.68. The van der Waals surface area contributed by atoms with E-state index in [-0.39, 0.29) is 5.75 Å². The van der Waals surface area contributed by atoms with Crippen LogP contribution in [0.5, 0.6) is 5.75 Å². The molecule has 0 radical (unpaired) electrons. The van der Waals surface area contributed by atoms with E-state index in [1.54, 1.807) is 13.0 Å². The summed E-state index contributed by atoms with van der Waals surface area (Å²) in [6.45, 7) is 3.76. The van der Waals surface area contributed by atoms with Gasteiger partial charge in [0.15, 0.2) is 0 Å². The molecule has 0 fully saturated rings. The quantitative estimate of drug-likeness (QED) is 0.799. The van der Waals surface area contributed by atoms with E-state index in [0.29, 0.717) is 17.5 Å². The minimum absolute atomic E-state index is 0.142. The standard InChI is InChI=1S/C12H16O3/c1-3-4-5-9-7-10(13)6-8(2)11(9)12(14)15/h6-7,13H,3-5H2,1-2H3,(H,14,15). The molecule has 0 aliphatic heterocycles. The lowest BCUT2D eigenvalue weighted by atomic mass is 9.97. The molecule has 82 valence electrons. The normalized spacial score (nSPS) is 10.3. The molecule has 0 atom stereocenters. The third kappa shape index (κ3) is 2.72. The Morgan fingerprint density at radius 1 is 1.40 bits per heavy atom. The van der Waals surface area contributed by atoms with Gasteiger partial charge in [0.05, 0.1) is 5.56 Å². The first-order chi connectivity index (χ1) is 7.06. The number of benzene rings is 1. The Kier molecular flexibility index (Phi) is 3.72. The summed E-state index contributed by atoms with van der Waals surface area (Å²) in [5.74, 6) is -0.776. The Morgan fingerprint density at radius 2 is 2.07 bits per heavy atom. The van der Waals surface area contributed by atoms with E-state index >= 15 is 0 Å². The molecule has 1 aromatic carbocycles. The first-order valence-electron chi connectivity index (χ1n) is 5.12. The summed E-state index contributed by atoms with van der Waals surface area (Å²) in [5, 5.41) is 18.5. The fourth-order valence-corrected chi connectivity index (χ4v) is 1.71. The highest BCUT2D eigenvalue weighted by molar-refractivity contribution is 5.91. The highest BCUT2D eigenvalue weighted by atomic mass is 16.4. The van der Waals surface area contributed by atoms with Gasteiger partial charge < -0.3 is 10.2 Å². The second kappa shape index (κ2) is 4.82. The average Bonchev–Trinajstić information content (AvgIpc) is 2.12. The van der Waals surface area contributed by atoms with Gasteiger partial charge in [0.1, 0.15) is 5.75 Å². The largest absolute Gasteiger partial charge is 0.508 e. The fourth-order valence-electron chi connectivity index (χ4n) is 1.71. The van der Waals surface area contributed by atoms with E-state index in [1.165, 1.54) is 6.07 Å². The highest BCUT2D eigenvalue weighted by Crippen LogP contribution is 2.23. The maximum atomic E-state index is 11.0. The average molecular weight is 208 g/mol. The number of hydrogen-bond donors (Lipinski definition) is 2. The Hall–Kier alpha value is -1.51. The summed E-state index contributed by atoms with van der Waals surface area (Å²) in [7, 11) is 0. The molecule has 0 amide bonds. The number of carboxylic acids is 1. The molecule has 2 N–H and O–H groups in total. The predicted octanol–water partition coefficient (Wildman–Crippen LogP) is 2.74. The Bertz CT molecular complexity index is 369. The molecule has 0 aliphatic rings. The van der Waals surface area contributed by atoms with Gasteiger partial charge in [-0.2, -0.15) is 0 Å². The van der Waals surface area contributed by atoms with Crippen LogP contribution in [0.2, 0.25) is 0 Å². The molecule has 0 aromatic heterocycles. The third-order valence-electron chi connectivity index (χ3n) is 2.42. The smallest absolute Gasteiger partial charge is 0.336 e. The van der Waals surface area contributed by atoms with Gasteiger partial charge in [0.2, 0.25) is 0 Å². The van der Waals surface area contributed by atoms with Crippen molar-refractivity contribution in [1.29, 1.82) is 0 Å². The third-order valence-corrected chi connectivity index (χ3v) is 2.42. The van der Waals surface area contributed by atoms with Crippen LogP contribution >= 0.6 is 0 Å². The minimum atomic E-state index is -0.918. The molecule has 3 nitrogen and oxygen atoms in total. The molecule has 0 bridgehead atoms. The topological polar surface area (TPSA) is 57.5 Å². The zero-order valence-corrected chi connectivity index (χ0v) is 9.08. The van der Waals surface area contributed by atoms with Gasteiger partial charge in [0, 0.05) is 0 Å². The van der Waals surface area contributed by atoms with Crippen molar-refractivity contribution in [2.75, 3.05) is 0 Å². The van der Waals surface area contributed by atoms with Crippen LogP contribution in [-0.4, -0.2) is 16.2 Å². The van der Waals surface area contributed by atoms with Gasteiger partial charge in [-0.15, -0.1) is 0 Å². The first-order valence-corrected chi connectivity index (χ1v) is 5.12. The molecular formula is C12H16O3. The number of aromatic carboxylic acids is 1. The summed E-state index contributed by atoms with van der Waals surface area (Å²) < 4.78 is 0. The SMILES string of the molecule is CCCCc1cc(O)cc(C)c1C(=O)O. The van der Waals surface area contributed by atoms with Gasteiger partial charge in [-0.05, 0) is 43.0 Å². The summed E-state index contributed by atoms with van der Waals surface area (Å²) in [6.07, 6.45) is 2.64. The molecule has 1 aromatic rings. The summed E-state index contributed by atoms with van der Waals surface area (Å²) in [6, 6.07) is 3.03. The van der Waals surface area contributed by atoms with Crippen LogP contribution in [0.3, 0.4) is 0 Å². The van der Waals surface area contributed by atoms with Crippen molar-refractivity contribution < 1.29 is 15.0 Å². The zero-order valence-electron chi connectivity index (χ0n) is 9.08. The minimum Gasteiger partial charge on any atom is -0.508 e. The monoisotopic (exact) mass is 208 g/mol. The number of rotatable bonds is 4. The molecule has 3 heteroatoms. The van der Waals surface area contributed by atoms with Gasteiger partial charge in [-0.3, -0.25) is 0 Å². The zero-order chi connectivity index (χ0) is 11.4. The lowest BCUT2D eigenvalue weighted by Crippen LogP contribution is -2.05. The summed E-state index contributed by atoms with van der Waals surface area (Å²) in [4.78, 5) is 11.0. The molecule has 0 saturated carbocycles. The van der Waals surface area contributed by atoms with E-state index in [2.05, 4.69) is 6.92 Å². The van der Waals surface area contributed by atoms with E-state index in [1.807, 2.05) is 0 Å². The fraction of sp³-hybridized carbons (Fsp3) is 0.417. The Labute approximate surface area is 89.4 Å². The number of phenols is 1. The molecule has 0 unspecified atom stereocenters. The van der Waals surface area contributed by atoms with Crippen molar-refractivity contribution >= 4 is 5.97 Å². The Balaban J connectivity index is 3.14. The number of hydrogen-bond acceptors (Lipinski definition) is 2. The van der Waals surface area contributed by atoms with Crippen LogP contribution in [0.25, 0.3) is 0 Å². The van der Waals surface area contributed by atoms with Gasteiger partial charge in [-0.1, -0.05) is 13.3 Å². The number of carbonyl (C=O) groups is 1. The highest BCUT2D eigenvalue weighted by Gasteiger charge is 2.13. The molecular weight excluding hydrogens is 192 g/mol. The predicted molar refractivity (Wildman–Crippen MR) is 58.4 cm³/mol. The second-order valence-corrected chi connectivity index (χ2v) is 3.71. The maximum absolute atomic E-state index is 11.0. The van der Waals surface area contributed by atoms with Crippen molar-refractivity contribution in [3.8, 4) is 5.75 Å². The van der Waals surface area contributed by atoms with Crippen molar-refractivity contribution in [2.45, 2.75) is 33.1 Å². The number of phenolic OH excluding ortho intramolecular Hbond substituents is 1. The van der Waals surface area contributed by atoms with Crippen LogP contribution in [0.4, 0.5) is 0 Å². The first kappa shape index (κ1) is 11.6. The molecule has 15 heavy (non-hydrogen) atoms. The van der Waals surface area contributed by atoms with E-state index in [4.69, 9.17) is 5.11 Å². The summed E-state index contributed by atoms with van der Waals surface area (Å²) >= 11 is 0. The van der Waals surface area contributed by atoms with Gasteiger partial charge >= 0.3 is 5.97 Å². The van der Waals surface area contributed by atoms with Crippen molar-refractivity contribution in [2.24, 2.45) is 0 Å². The maximum Gasteiger partial charge on any atom is 0.336 e. The van der Waals surface area contributed by atoms with Crippen molar-refractivity contribution in [3.05, 3.63) is 28.8 Å². The number of aryl methyl sites for hydroxylation is 2. The van der Waals surface area contributed by atoms with E-state index in [0.717, 1.165) is 18.4 Å². The van der Waals surface area contributed by atoms with Gasteiger partial charge in [-0.25, -0.2) is 4.79 Å². The van der Waals surface area contributed by atoms with E-state index in [9.17, 15) is 9.90 Å². The van der Waals surface area contributed by atoms with E-state index < -0.39 is 5.97 Å². The van der Waals surface area contributed by atoms with Crippen LogP contribution in [0, 0.1) is 6.92 Å². The van der Waals surface area contributed by atoms with Crippen LogP contribution < -0.4 is 0 Å². The van der Waals surface area contributed by atoms with Crippen LogP contribution in [-0.2, 0) is 6.42 Å². The second-order valence-electron chi connectivity index (χ2n) is 3.71. The number of aromatic hydroxyl groups is 1. The van der Waals surface area contributed by atoms with Crippen LogP contribution in [0.15, 0.2) is 12.1 Å². The molecule has 0 aliphatic carbocycles. The molecule has 1 rings (SSSR count). The molecule has 0 spiro atoms. The van der Waals surface area contributed by atoms with Crippen molar-refractivity contribution in [1.82, 2.24) is 0 Å². The Morgan fingerprint density at radius 3 is 2.60 bits per heavy atom. The lowest BCUT2D eigenvalue weighted by Gasteiger charge is -2.09. The number of carboxylic acid groups (broad SMARTS) is 1. The lowest BCUT2D eigenvalue weighted by molar-refractivity contribution is 0.0695. The van der Waals surface area contributed by atoms with Crippen molar-refractivity contribution in [3.63, 3.8) is 0 Å². The van der Waals surface area contributed by atoms with Gasteiger partial charge in [0.25, 0.3) is 0 Å².